The number of amides is 2. The smallest absolute Gasteiger partial charge is 0.243 e. The summed E-state index contributed by atoms with van der Waals surface area (Å²) in [5, 5.41) is 3.57. The largest absolute Gasteiger partial charge is 0.353 e. The van der Waals surface area contributed by atoms with E-state index in [4.69, 9.17) is 11.6 Å². The van der Waals surface area contributed by atoms with Crippen LogP contribution in [0.2, 0.25) is 5.02 Å². The van der Waals surface area contributed by atoms with E-state index in [9.17, 15) is 9.59 Å². The van der Waals surface area contributed by atoms with E-state index in [1.807, 2.05) is 66.9 Å². The molecule has 1 N–H and O–H groups in total. The molecule has 1 aliphatic heterocycles. The van der Waals surface area contributed by atoms with Crippen molar-refractivity contribution in [2.24, 2.45) is 0 Å². The van der Waals surface area contributed by atoms with Crippen LogP contribution in [-0.2, 0) is 22.4 Å². The third-order valence-corrected chi connectivity index (χ3v) is 5.81. The number of carbonyl (C=O) groups excluding carboxylic acids is 2. The summed E-state index contributed by atoms with van der Waals surface area (Å²) in [5.74, 6) is -0.123. The molecular weight excluding hydrogens is 410 g/mol. The van der Waals surface area contributed by atoms with E-state index in [2.05, 4.69) is 10.3 Å². The van der Waals surface area contributed by atoms with E-state index < -0.39 is 6.04 Å². The summed E-state index contributed by atoms with van der Waals surface area (Å²) in [6, 6.07) is 18.9. The lowest BCUT2D eigenvalue weighted by atomic mass is 9.94. The lowest BCUT2D eigenvalue weighted by Gasteiger charge is -2.35. The second-order valence-electron chi connectivity index (χ2n) is 7.63. The third-order valence-electron chi connectivity index (χ3n) is 5.57. The quantitative estimate of drug-likeness (QED) is 0.641. The van der Waals surface area contributed by atoms with Gasteiger partial charge < -0.3 is 10.2 Å². The van der Waals surface area contributed by atoms with Crippen LogP contribution in [0.4, 0.5) is 0 Å². The van der Waals surface area contributed by atoms with Gasteiger partial charge in [0.25, 0.3) is 0 Å². The Hall–Kier alpha value is -3.18. The maximum atomic E-state index is 13.1. The van der Waals surface area contributed by atoms with Gasteiger partial charge in [-0.25, -0.2) is 0 Å². The number of piperazine rings is 1. The zero-order valence-corrected chi connectivity index (χ0v) is 17.9. The Morgan fingerprint density at radius 3 is 2.81 bits per heavy atom. The molecule has 0 aliphatic carbocycles. The van der Waals surface area contributed by atoms with Gasteiger partial charge in [0.05, 0.1) is 0 Å². The zero-order valence-electron chi connectivity index (χ0n) is 17.1. The first-order valence-electron chi connectivity index (χ1n) is 10.4. The molecule has 5 nitrogen and oxygen atoms in total. The fourth-order valence-corrected chi connectivity index (χ4v) is 4.23. The van der Waals surface area contributed by atoms with Gasteiger partial charge in [0.15, 0.2) is 0 Å². The van der Waals surface area contributed by atoms with Gasteiger partial charge in [-0.2, -0.15) is 0 Å². The number of carbonyl (C=O) groups is 2. The van der Waals surface area contributed by atoms with Crippen LogP contribution in [-0.4, -0.2) is 40.8 Å². The van der Waals surface area contributed by atoms with E-state index in [1.54, 1.807) is 11.1 Å². The van der Waals surface area contributed by atoms with Crippen molar-refractivity contribution in [2.45, 2.75) is 25.3 Å². The third kappa shape index (κ3) is 5.12. The topological polar surface area (TPSA) is 62.3 Å². The predicted octanol–water partition coefficient (Wildman–Crippen LogP) is 3.90. The molecule has 0 saturated carbocycles. The number of pyridine rings is 1. The summed E-state index contributed by atoms with van der Waals surface area (Å²) in [6.07, 6.45) is 4.94. The summed E-state index contributed by atoms with van der Waals surface area (Å²) in [6.45, 7) is 0.988. The first kappa shape index (κ1) is 21.1. The second kappa shape index (κ2) is 9.75. The molecule has 1 atom stereocenters. The highest BCUT2D eigenvalue weighted by Gasteiger charge is 2.33. The van der Waals surface area contributed by atoms with Gasteiger partial charge in [-0.05, 0) is 41.3 Å². The molecule has 1 aliphatic rings. The minimum absolute atomic E-state index is 0.0151. The van der Waals surface area contributed by atoms with Crippen LogP contribution >= 0.6 is 11.6 Å². The lowest BCUT2D eigenvalue weighted by molar-refractivity contribution is -0.143. The number of rotatable bonds is 6. The van der Waals surface area contributed by atoms with Gasteiger partial charge in [0, 0.05) is 48.9 Å². The number of nitrogens with zero attached hydrogens (tertiary/aromatic N) is 2. The summed E-state index contributed by atoms with van der Waals surface area (Å²) in [7, 11) is 0. The molecule has 1 fully saturated rings. The Bertz CT molecular complexity index is 1070. The molecule has 2 aromatic carbocycles. The van der Waals surface area contributed by atoms with Gasteiger partial charge in [0.1, 0.15) is 6.04 Å². The summed E-state index contributed by atoms with van der Waals surface area (Å²) in [5.41, 5.74) is 4.06. The van der Waals surface area contributed by atoms with Crippen LogP contribution in [0.1, 0.15) is 17.5 Å². The van der Waals surface area contributed by atoms with Gasteiger partial charge in [0.2, 0.25) is 11.8 Å². The molecule has 31 heavy (non-hydrogen) atoms. The Morgan fingerprint density at radius 1 is 1.13 bits per heavy atom. The van der Waals surface area contributed by atoms with Crippen LogP contribution in [0.15, 0.2) is 73.1 Å². The molecular formula is C25H24ClN3O2. The minimum atomic E-state index is -0.529. The number of halogens is 1. The zero-order chi connectivity index (χ0) is 21.6. The van der Waals surface area contributed by atoms with Crippen molar-refractivity contribution >= 4 is 23.4 Å². The maximum absolute atomic E-state index is 13.1. The van der Waals surface area contributed by atoms with Crippen molar-refractivity contribution in [1.29, 1.82) is 0 Å². The predicted molar refractivity (Wildman–Crippen MR) is 122 cm³/mol. The number of hydrogen-bond donors (Lipinski definition) is 1. The monoisotopic (exact) mass is 433 g/mol. The van der Waals surface area contributed by atoms with E-state index in [-0.39, 0.29) is 11.8 Å². The van der Waals surface area contributed by atoms with Crippen LogP contribution in [0.5, 0.6) is 0 Å². The summed E-state index contributed by atoms with van der Waals surface area (Å²) >= 11 is 6.05. The molecule has 1 aromatic heterocycles. The Labute approximate surface area is 187 Å². The summed E-state index contributed by atoms with van der Waals surface area (Å²) < 4.78 is 0. The van der Waals surface area contributed by atoms with E-state index in [1.165, 1.54) is 0 Å². The number of nitrogens with one attached hydrogen (secondary N) is 1. The van der Waals surface area contributed by atoms with Crippen LogP contribution in [0.25, 0.3) is 11.1 Å². The van der Waals surface area contributed by atoms with Crippen LogP contribution in [0.3, 0.4) is 0 Å². The van der Waals surface area contributed by atoms with Gasteiger partial charge in [-0.3, -0.25) is 14.6 Å². The number of aromatic nitrogens is 1. The van der Waals surface area contributed by atoms with Crippen LogP contribution in [0, 0.1) is 0 Å². The van der Waals surface area contributed by atoms with Gasteiger partial charge in [-0.1, -0.05) is 54.1 Å². The average molecular weight is 434 g/mol. The molecule has 4 rings (SSSR count). The maximum Gasteiger partial charge on any atom is 0.243 e. The first-order chi connectivity index (χ1) is 15.1. The molecule has 2 heterocycles. The molecule has 0 unspecified atom stereocenters. The minimum Gasteiger partial charge on any atom is -0.353 e. The molecule has 1 saturated heterocycles. The van der Waals surface area contributed by atoms with Gasteiger partial charge in [-0.15, -0.1) is 0 Å². The fourth-order valence-electron chi connectivity index (χ4n) is 4.01. The molecule has 0 bridgehead atoms. The second-order valence-corrected chi connectivity index (χ2v) is 8.06. The van der Waals surface area contributed by atoms with Crippen LogP contribution < -0.4 is 5.32 Å². The molecule has 6 heteroatoms. The number of aryl methyl sites for hydroxylation is 1. The molecule has 0 radical (unpaired) electrons. The van der Waals surface area contributed by atoms with Crippen molar-refractivity contribution in [3.05, 3.63) is 89.2 Å². The van der Waals surface area contributed by atoms with Crippen molar-refractivity contribution in [1.82, 2.24) is 15.2 Å². The highest BCUT2D eigenvalue weighted by molar-refractivity contribution is 6.30. The first-order valence-corrected chi connectivity index (χ1v) is 10.8. The lowest BCUT2D eigenvalue weighted by Crippen LogP contribution is -2.58. The Morgan fingerprint density at radius 2 is 2.00 bits per heavy atom. The normalized spacial score (nSPS) is 16.1. The van der Waals surface area contributed by atoms with Crippen molar-refractivity contribution in [3.63, 3.8) is 0 Å². The van der Waals surface area contributed by atoms with Gasteiger partial charge >= 0.3 is 0 Å². The molecule has 2 amide bonds. The fraction of sp³-hybridized carbons (Fsp3) is 0.240. The standard InChI is InChI=1S/C25H24ClN3O2/c26-21-8-3-5-18(15-21)10-11-24(30)29-14-13-28-25(31)23(29)16-19-6-1-2-9-22(19)20-7-4-12-27-17-20/h1-9,12,15,17,23H,10-11,13-14,16H2,(H,28,31)/t23-/m0/s1. The molecule has 3 aromatic rings. The Balaban J connectivity index is 1.52. The van der Waals surface area contributed by atoms with E-state index >= 15 is 0 Å². The van der Waals surface area contributed by atoms with E-state index in [0.29, 0.717) is 37.4 Å². The SMILES string of the molecule is O=C1NCCN(C(=O)CCc2cccc(Cl)c2)[C@H]1Cc1ccccc1-c1cccnc1. The highest BCUT2D eigenvalue weighted by Crippen LogP contribution is 2.25. The Kier molecular flexibility index (Phi) is 6.63. The van der Waals surface area contributed by atoms with Crippen molar-refractivity contribution < 1.29 is 9.59 Å². The summed E-state index contributed by atoms with van der Waals surface area (Å²) in [4.78, 5) is 31.7. The van der Waals surface area contributed by atoms with E-state index in [0.717, 1.165) is 22.3 Å². The average Bonchev–Trinajstić information content (AvgIpc) is 2.80. The highest BCUT2D eigenvalue weighted by atomic mass is 35.5. The number of benzene rings is 2. The molecule has 158 valence electrons. The van der Waals surface area contributed by atoms with Crippen molar-refractivity contribution in [3.8, 4) is 11.1 Å². The molecule has 0 spiro atoms. The number of hydrogen-bond acceptors (Lipinski definition) is 3. The van der Waals surface area contributed by atoms with Crippen molar-refractivity contribution in [2.75, 3.05) is 13.1 Å².